The topological polar surface area (TPSA) is 93.9 Å². The van der Waals surface area contributed by atoms with Gasteiger partial charge in [-0.05, 0) is 53.2 Å². The van der Waals surface area contributed by atoms with Gasteiger partial charge in [-0.25, -0.2) is 19.7 Å². The highest BCUT2D eigenvalue weighted by atomic mass is 16.6. The minimum atomic E-state index is -0.504. The molecule has 0 radical (unpaired) electrons. The number of hydrogen-bond acceptors (Lipinski definition) is 7. The number of nitrogens with zero attached hydrogens (tertiary/aromatic N) is 5. The highest BCUT2D eigenvalue weighted by molar-refractivity contribution is 5.68. The Morgan fingerprint density at radius 1 is 1.25 bits per heavy atom. The summed E-state index contributed by atoms with van der Waals surface area (Å²) < 4.78 is 13.2. The molecule has 0 aromatic carbocycles. The summed E-state index contributed by atoms with van der Waals surface area (Å²) in [5, 5.41) is 3.35. The van der Waals surface area contributed by atoms with E-state index in [0.29, 0.717) is 19.0 Å². The highest BCUT2D eigenvalue weighted by Gasteiger charge is 2.30. The summed E-state index contributed by atoms with van der Waals surface area (Å²) in [5.74, 6) is 1.30. The molecule has 1 saturated heterocycles. The molecule has 1 aliphatic heterocycles. The number of anilines is 1. The van der Waals surface area contributed by atoms with E-state index in [1.54, 1.807) is 17.3 Å². The number of ether oxygens (including phenoxy) is 2. The van der Waals surface area contributed by atoms with Crippen LogP contribution in [0.25, 0.3) is 17.0 Å². The summed E-state index contributed by atoms with van der Waals surface area (Å²) in [6, 6.07) is 5.75. The minimum absolute atomic E-state index is 0.0655. The second kappa shape index (κ2) is 8.64. The third-order valence-corrected chi connectivity index (χ3v) is 4.95. The van der Waals surface area contributed by atoms with E-state index < -0.39 is 5.60 Å². The van der Waals surface area contributed by atoms with Crippen molar-refractivity contribution in [1.29, 1.82) is 0 Å². The maximum absolute atomic E-state index is 12.3. The Balaban J connectivity index is 1.46. The van der Waals surface area contributed by atoms with E-state index in [4.69, 9.17) is 9.47 Å². The quantitative estimate of drug-likeness (QED) is 0.643. The fourth-order valence-electron chi connectivity index (χ4n) is 3.62. The Morgan fingerprint density at radius 2 is 2.06 bits per heavy atom. The van der Waals surface area contributed by atoms with Gasteiger partial charge >= 0.3 is 6.09 Å². The van der Waals surface area contributed by atoms with E-state index in [1.165, 1.54) is 0 Å². The smallest absolute Gasteiger partial charge is 0.410 e. The normalized spacial score (nSPS) is 16.6. The van der Waals surface area contributed by atoms with Crippen LogP contribution >= 0.6 is 0 Å². The third kappa shape index (κ3) is 5.09. The largest absolute Gasteiger partial charge is 0.491 e. The molecule has 4 heterocycles. The van der Waals surface area contributed by atoms with Crippen LogP contribution in [0.3, 0.4) is 0 Å². The van der Waals surface area contributed by atoms with Gasteiger partial charge in [-0.15, -0.1) is 0 Å². The van der Waals surface area contributed by atoms with Crippen LogP contribution in [0.2, 0.25) is 0 Å². The van der Waals surface area contributed by atoms with Crippen molar-refractivity contribution in [1.82, 2.24) is 24.3 Å². The molecule has 9 nitrogen and oxygen atoms in total. The Morgan fingerprint density at radius 3 is 2.81 bits per heavy atom. The number of pyridine rings is 1. The number of carbonyl (C=O) groups excluding carboxylic acids is 1. The van der Waals surface area contributed by atoms with E-state index in [-0.39, 0.29) is 18.2 Å². The molecule has 9 heteroatoms. The number of nitrogens with one attached hydrogen (secondary N) is 1. The molecule has 32 heavy (non-hydrogen) atoms. The van der Waals surface area contributed by atoms with Gasteiger partial charge in [-0.3, -0.25) is 4.40 Å². The number of aromatic nitrogens is 4. The molecule has 0 bridgehead atoms. The number of likely N-dealkylation sites (tertiary alicyclic amines) is 1. The lowest BCUT2D eigenvalue weighted by Gasteiger charge is -2.24. The molecule has 3 aromatic rings. The number of fused-ring (bicyclic) bond motifs is 1. The van der Waals surface area contributed by atoms with Crippen molar-refractivity contribution in [3.63, 3.8) is 0 Å². The molecular weight excluding hydrogens is 408 g/mol. The van der Waals surface area contributed by atoms with Crippen molar-refractivity contribution < 1.29 is 14.3 Å². The van der Waals surface area contributed by atoms with Crippen LogP contribution in [0.4, 0.5) is 10.7 Å². The first-order valence-electron chi connectivity index (χ1n) is 10.9. The maximum Gasteiger partial charge on any atom is 0.410 e. The molecule has 1 amide bonds. The van der Waals surface area contributed by atoms with Crippen molar-refractivity contribution in [3.8, 4) is 17.1 Å². The number of carbonyl (C=O) groups is 1. The fourth-order valence-corrected chi connectivity index (χ4v) is 3.62. The van der Waals surface area contributed by atoms with E-state index in [0.717, 1.165) is 29.2 Å². The molecular formula is C23H30N6O3. The zero-order chi connectivity index (χ0) is 22.9. The maximum atomic E-state index is 12.3. The predicted molar refractivity (Wildman–Crippen MR) is 122 cm³/mol. The summed E-state index contributed by atoms with van der Waals surface area (Å²) in [5.41, 5.74) is 1.91. The van der Waals surface area contributed by atoms with Crippen LogP contribution in [0.5, 0.6) is 5.75 Å². The van der Waals surface area contributed by atoms with Crippen molar-refractivity contribution in [2.75, 3.05) is 18.4 Å². The lowest BCUT2D eigenvalue weighted by molar-refractivity contribution is 0.0293. The van der Waals surface area contributed by atoms with E-state index in [2.05, 4.69) is 20.3 Å². The van der Waals surface area contributed by atoms with Gasteiger partial charge in [0, 0.05) is 37.6 Å². The van der Waals surface area contributed by atoms with Crippen molar-refractivity contribution in [3.05, 3.63) is 36.8 Å². The van der Waals surface area contributed by atoms with Crippen LogP contribution < -0.4 is 10.1 Å². The van der Waals surface area contributed by atoms with Crippen LogP contribution in [0.15, 0.2) is 36.8 Å². The number of hydrogen-bond donors (Lipinski definition) is 1. The molecule has 0 spiro atoms. The van der Waals surface area contributed by atoms with Crippen molar-refractivity contribution in [2.45, 2.75) is 58.8 Å². The average Bonchev–Trinajstić information content (AvgIpc) is 3.33. The van der Waals surface area contributed by atoms with Crippen LogP contribution in [0, 0.1) is 0 Å². The Kier molecular flexibility index (Phi) is 5.90. The van der Waals surface area contributed by atoms with E-state index in [1.807, 2.05) is 63.4 Å². The monoisotopic (exact) mass is 438 g/mol. The van der Waals surface area contributed by atoms with Gasteiger partial charge in [-0.2, -0.15) is 0 Å². The molecule has 1 fully saturated rings. The van der Waals surface area contributed by atoms with Crippen LogP contribution in [-0.2, 0) is 4.74 Å². The number of amides is 1. The molecule has 1 atom stereocenters. The van der Waals surface area contributed by atoms with Gasteiger partial charge in [0.15, 0.2) is 0 Å². The summed E-state index contributed by atoms with van der Waals surface area (Å²) in [7, 11) is 0. The number of imidazole rings is 1. The molecule has 3 aromatic heterocycles. The predicted octanol–water partition coefficient (Wildman–Crippen LogP) is 4.00. The van der Waals surface area contributed by atoms with Gasteiger partial charge in [-0.1, -0.05) is 0 Å². The average molecular weight is 439 g/mol. The highest BCUT2D eigenvalue weighted by Crippen LogP contribution is 2.24. The fraction of sp³-hybridized carbons (Fsp3) is 0.478. The van der Waals surface area contributed by atoms with Gasteiger partial charge in [0.2, 0.25) is 5.95 Å². The first-order valence-corrected chi connectivity index (χ1v) is 10.9. The summed E-state index contributed by atoms with van der Waals surface area (Å²) in [4.78, 5) is 27.6. The summed E-state index contributed by atoms with van der Waals surface area (Å²) in [6.45, 7) is 10.8. The van der Waals surface area contributed by atoms with Gasteiger partial charge in [0.05, 0.1) is 23.7 Å². The standard InChI is InChI=1S/C23H30N6O3/c1-15(2)31-17-8-11-29-19(13-25-20(29)12-17)18-6-9-24-21(27-18)26-16-7-10-28(14-16)22(30)32-23(3,4)5/h6,8-9,11-13,15-16H,7,10,14H2,1-5H3,(H,24,26,27). The Hall–Kier alpha value is -3.36. The SMILES string of the molecule is CC(C)Oc1ccn2c(-c3ccnc(NC4CCN(C(=O)OC(C)(C)C)C4)n3)cnc2c1. The molecule has 0 saturated carbocycles. The van der Waals surface area contributed by atoms with Crippen molar-refractivity contribution in [2.24, 2.45) is 0 Å². The minimum Gasteiger partial charge on any atom is -0.491 e. The molecule has 170 valence electrons. The lowest BCUT2D eigenvalue weighted by Crippen LogP contribution is -2.36. The molecule has 1 aliphatic rings. The second-order valence-corrected chi connectivity index (χ2v) is 9.22. The molecule has 1 unspecified atom stereocenters. The Bertz CT molecular complexity index is 1100. The van der Waals surface area contributed by atoms with Crippen LogP contribution in [0.1, 0.15) is 41.0 Å². The summed E-state index contributed by atoms with van der Waals surface area (Å²) in [6.07, 6.45) is 6.06. The van der Waals surface area contributed by atoms with Crippen molar-refractivity contribution >= 4 is 17.7 Å². The Labute approximate surface area is 187 Å². The molecule has 1 N–H and O–H groups in total. The molecule has 4 rings (SSSR count). The zero-order valence-corrected chi connectivity index (χ0v) is 19.2. The van der Waals surface area contributed by atoms with E-state index >= 15 is 0 Å². The molecule has 0 aliphatic carbocycles. The van der Waals surface area contributed by atoms with Crippen LogP contribution in [-0.4, -0.2) is 61.2 Å². The third-order valence-electron chi connectivity index (χ3n) is 4.95. The summed E-state index contributed by atoms with van der Waals surface area (Å²) >= 11 is 0. The lowest BCUT2D eigenvalue weighted by atomic mass is 10.2. The zero-order valence-electron chi connectivity index (χ0n) is 19.2. The first kappa shape index (κ1) is 21.9. The first-order chi connectivity index (χ1) is 15.2. The van der Waals surface area contributed by atoms with Gasteiger partial charge < -0.3 is 19.7 Å². The van der Waals surface area contributed by atoms with Gasteiger partial charge in [0.25, 0.3) is 0 Å². The second-order valence-electron chi connectivity index (χ2n) is 9.22. The number of rotatable bonds is 5. The van der Waals surface area contributed by atoms with E-state index in [9.17, 15) is 4.79 Å². The van der Waals surface area contributed by atoms with Gasteiger partial charge in [0.1, 0.15) is 17.0 Å².